The Hall–Kier alpha value is -0.896. The van der Waals surface area contributed by atoms with E-state index in [0.717, 1.165) is 7.96 Å². The van der Waals surface area contributed by atoms with Crippen LogP contribution in [0, 0.1) is 0 Å². The van der Waals surface area contributed by atoms with Gasteiger partial charge in [0.25, 0.3) is 0 Å². The molecule has 0 aliphatic carbocycles. The van der Waals surface area contributed by atoms with E-state index < -0.39 is 17.8 Å². The third-order valence-electron chi connectivity index (χ3n) is 1.15. The second-order valence-corrected chi connectivity index (χ2v) is 2.90. The van der Waals surface area contributed by atoms with E-state index >= 15 is 0 Å². The number of imide groups is 2. The minimum absolute atomic E-state index is 0.163. The molecule has 3 heterocycles. The van der Waals surface area contributed by atoms with E-state index in [1.54, 1.807) is 0 Å². The molecule has 56 valence electrons. The van der Waals surface area contributed by atoms with Gasteiger partial charge < -0.3 is 0 Å². The molecule has 3 saturated heterocycles. The molecular weight excluding hydrogens is 183 g/mol. The summed E-state index contributed by atoms with van der Waals surface area (Å²) in [5.41, 5.74) is 0. The number of barbiturate groups is 1. The van der Waals surface area contributed by atoms with Gasteiger partial charge in [0, 0.05) is 0 Å². The van der Waals surface area contributed by atoms with Crippen LogP contribution in [0.3, 0.4) is 0 Å². The predicted octanol–water partition coefficient (Wildman–Crippen LogP) is -0.907. The third-order valence-corrected chi connectivity index (χ3v) is 2.41. The van der Waals surface area contributed by atoms with E-state index in [-0.39, 0.29) is 6.42 Å². The zero-order chi connectivity index (χ0) is 7.30. The van der Waals surface area contributed by atoms with Gasteiger partial charge in [-0.1, -0.05) is 0 Å². The first-order chi connectivity index (χ1) is 4.70. The van der Waals surface area contributed by atoms with Gasteiger partial charge in [-0.2, -0.15) is 0 Å². The van der Waals surface area contributed by atoms with Crippen molar-refractivity contribution in [1.82, 2.24) is 7.96 Å². The maximum absolute atomic E-state index is 10.7. The Balaban J connectivity index is 2.33. The zero-order valence-corrected chi connectivity index (χ0v) is 5.63. The average molecular weight is 185 g/mol. The molecule has 10 heavy (non-hydrogen) atoms. The number of hydrogen-bond acceptors (Lipinski definition) is 3. The Kier molecular flexibility index (Phi) is 0.923. The Labute approximate surface area is 62.2 Å². The quantitative estimate of drug-likeness (QED) is 0.362. The first-order valence-corrected chi connectivity index (χ1v) is 3.38. The molecule has 0 unspecified atom stereocenters. The van der Waals surface area contributed by atoms with Gasteiger partial charge in [0.2, 0.25) is 0 Å². The van der Waals surface area contributed by atoms with E-state index in [2.05, 4.69) is 0 Å². The predicted molar refractivity (Wildman–Crippen MR) is 23.7 cm³/mol. The van der Waals surface area contributed by atoms with Gasteiger partial charge >= 0.3 is 61.5 Å². The van der Waals surface area contributed by atoms with Gasteiger partial charge in [-0.25, -0.2) is 0 Å². The van der Waals surface area contributed by atoms with Crippen molar-refractivity contribution in [2.45, 2.75) is 6.42 Å². The number of urea groups is 1. The van der Waals surface area contributed by atoms with Gasteiger partial charge in [0.05, 0.1) is 0 Å². The van der Waals surface area contributed by atoms with Crippen LogP contribution in [0.25, 0.3) is 0 Å². The van der Waals surface area contributed by atoms with Crippen molar-refractivity contribution in [1.29, 1.82) is 0 Å². The fourth-order valence-corrected chi connectivity index (χ4v) is 1.51. The first kappa shape index (κ1) is 5.86. The van der Waals surface area contributed by atoms with Crippen molar-refractivity contribution in [3.05, 3.63) is 0 Å². The van der Waals surface area contributed by atoms with Crippen molar-refractivity contribution in [2.24, 2.45) is 0 Å². The van der Waals surface area contributed by atoms with E-state index in [4.69, 9.17) is 0 Å². The van der Waals surface area contributed by atoms with E-state index in [1.165, 1.54) is 0 Å². The molecule has 0 spiro atoms. The third kappa shape index (κ3) is 0.496. The van der Waals surface area contributed by atoms with Crippen molar-refractivity contribution >= 4 is 17.8 Å². The number of carbonyl (C=O) groups excluding carboxylic acids is 3. The molecular formula is C4H2N2NiO3. The number of fused-ring (bicyclic) bond motifs is 2. The fourth-order valence-electron chi connectivity index (χ4n) is 0.704. The second kappa shape index (κ2) is 1.58. The van der Waals surface area contributed by atoms with Crippen molar-refractivity contribution in [3.8, 4) is 0 Å². The molecule has 3 rings (SSSR count). The molecule has 3 fully saturated rings. The Bertz CT molecular complexity index is 214. The van der Waals surface area contributed by atoms with Gasteiger partial charge in [-0.3, -0.25) is 0 Å². The van der Waals surface area contributed by atoms with Gasteiger partial charge in [-0.05, 0) is 0 Å². The van der Waals surface area contributed by atoms with Crippen LogP contribution in [0.15, 0.2) is 0 Å². The molecule has 0 radical (unpaired) electrons. The van der Waals surface area contributed by atoms with Crippen LogP contribution in [0.4, 0.5) is 4.79 Å². The number of carbonyl (C=O) groups is 3. The van der Waals surface area contributed by atoms with Crippen LogP contribution < -0.4 is 0 Å². The number of nitrogens with zero attached hydrogens (tertiary/aromatic N) is 2. The van der Waals surface area contributed by atoms with Crippen molar-refractivity contribution in [3.63, 3.8) is 0 Å². The van der Waals surface area contributed by atoms with Gasteiger partial charge in [0.1, 0.15) is 0 Å². The van der Waals surface area contributed by atoms with Crippen molar-refractivity contribution in [2.75, 3.05) is 0 Å². The summed E-state index contributed by atoms with van der Waals surface area (Å²) < 4.78 is 1.99. The standard InChI is InChI=1S/C4H4N2O3.Ni/c7-2-1-3(8)6-4(9)5-2;/h1H2,(H2,5,6,7,8,9);/q;+2/p-2. The normalized spacial score (nSPS) is 24.2. The summed E-state index contributed by atoms with van der Waals surface area (Å²) in [5, 5.41) is 0. The Morgan fingerprint density at radius 3 is 1.90 bits per heavy atom. The summed E-state index contributed by atoms with van der Waals surface area (Å²) in [6.45, 7) is 0. The molecule has 0 aromatic rings. The second-order valence-electron chi connectivity index (χ2n) is 1.82. The maximum atomic E-state index is 10.7. The fraction of sp³-hybridized carbons (Fsp3) is 0.250. The summed E-state index contributed by atoms with van der Waals surface area (Å²) in [4.78, 5) is 32.0. The molecule has 4 amide bonds. The average Bonchev–Trinajstić information content (AvgIpc) is 1.83. The summed E-state index contributed by atoms with van der Waals surface area (Å²) in [6, 6.07) is -0.499. The molecule has 0 N–H and O–H groups in total. The Morgan fingerprint density at radius 1 is 1.10 bits per heavy atom. The minimum atomic E-state index is -0.499. The van der Waals surface area contributed by atoms with Crippen LogP contribution in [-0.4, -0.2) is 25.8 Å². The number of amides is 4. The summed E-state index contributed by atoms with van der Waals surface area (Å²) in [7, 11) is 0. The van der Waals surface area contributed by atoms with Gasteiger partial charge in [-0.15, -0.1) is 0 Å². The van der Waals surface area contributed by atoms with Crippen LogP contribution in [-0.2, 0) is 24.5 Å². The zero-order valence-electron chi connectivity index (χ0n) is 4.64. The summed E-state index contributed by atoms with van der Waals surface area (Å²) in [6.07, 6.45) is -0.163. The molecule has 6 heteroatoms. The molecule has 0 saturated carbocycles. The number of rotatable bonds is 0. The van der Waals surface area contributed by atoms with E-state index in [0.29, 0.717) is 14.9 Å². The molecule has 3 aliphatic heterocycles. The van der Waals surface area contributed by atoms with E-state index in [9.17, 15) is 14.4 Å². The topological polar surface area (TPSA) is 57.7 Å². The van der Waals surface area contributed by atoms with E-state index in [1.807, 2.05) is 0 Å². The molecule has 3 aliphatic rings. The molecule has 2 bridgehead atoms. The summed E-state index contributed by atoms with van der Waals surface area (Å²) >= 11 is 0.684. The molecule has 0 aromatic carbocycles. The molecule has 5 nitrogen and oxygen atoms in total. The van der Waals surface area contributed by atoms with Crippen LogP contribution in [0.1, 0.15) is 6.42 Å². The summed E-state index contributed by atoms with van der Waals surface area (Å²) in [5.74, 6) is -0.810. The van der Waals surface area contributed by atoms with Crippen LogP contribution in [0.2, 0.25) is 0 Å². The first-order valence-electron chi connectivity index (χ1n) is 2.50. The molecule has 0 aromatic heterocycles. The van der Waals surface area contributed by atoms with Crippen molar-refractivity contribution < 1.29 is 29.2 Å². The van der Waals surface area contributed by atoms with Gasteiger partial charge in [0.15, 0.2) is 0 Å². The number of hydrogen-bond donors (Lipinski definition) is 0. The molecule has 0 atom stereocenters. The Morgan fingerprint density at radius 2 is 1.60 bits per heavy atom. The monoisotopic (exact) mass is 184 g/mol. The van der Waals surface area contributed by atoms with Crippen LogP contribution in [0.5, 0.6) is 0 Å². The van der Waals surface area contributed by atoms with Crippen LogP contribution >= 0.6 is 0 Å². The SMILES string of the molecule is O=C1CC(=O)[N]2[Ni][N]1C2=O.